The number of carboxylic acid groups (broad SMARTS) is 1. The minimum absolute atomic E-state index is 0.228. The second kappa shape index (κ2) is 7.81. The first kappa shape index (κ1) is 17.1. The lowest BCUT2D eigenvalue weighted by atomic mass is 9.78. The Bertz CT molecular complexity index is 596. The maximum atomic E-state index is 12.4. The maximum absolute atomic E-state index is 12.4. The van der Waals surface area contributed by atoms with Crippen molar-refractivity contribution in [1.82, 2.24) is 0 Å². The van der Waals surface area contributed by atoms with E-state index in [0.717, 1.165) is 18.4 Å². The summed E-state index contributed by atoms with van der Waals surface area (Å²) in [6, 6.07) is 7.10. The number of ether oxygens (including phenoxy) is 1. The van der Waals surface area contributed by atoms with Crippen molar-refractivity contribution in [1.29, 1.82) is 0 Å². The monoisotopic (exact) mass is 317 g/mol. The van der Waals surface area contributed by atoms with E-state index in [4.69, 9.17) is 4.74 Å². The van der Waals surface area contributed by atoms with Crippen LogP contribution in [0.15, 0.2) is 36.4 Å². The van der Waals surface area contributed by atoms with Gasteiger partial charge in [-0.25, -0.2) is 0 Å². The Labute approximate surface area is 136 Å². The normalized spacial score (nSPS) is 20.6. The molecule has 124 valence electrons. The van der Waals surface area contributed by atoms with Crippen LogP contribution in [0, 0.1) is 11.8 Å². The summed E-state index contributed by atoms with van der Waals surface area (Å²) in [6.45, 7) is 6.07. The number of aliphatic carboxylic acids is 1. The average molecular weight is 317 g/mol. The zero-order valence-electron chi connectivity index (χ0n) is 13.4. The predicted octanol–water partition coefficient (Wildman–Crippen LogP) is 3.47. The summed E-state index contributed by atoms with van der Waals surface area (Å²) in [6.07, 6.45) is 2.94. The molecule has 0 heterocycles. The number of nitrogens with one attached hydrogen (secondary N) is 1. The van der Waals surface area contributed by atoms with Gasteiger partial charge in [-0.05, 0) is 37.5 Å². The van der Waals surface area contributed by atoms with Gasteiger partial charge in [0.15, 0.2) is 0 Å². The Morgan fingerprint density at radius 2 is 2.00 bits per heavy atom. The first-order valence-corrected chi connectivity index (χ1v) is 7.88. The molecule has 1 amide bonds. The number of hydrogen-bond acceptors (Lipinski definition) is 3. The topological polar surface area (TPSA) is 75.6 Å². The maximum Gasteiger partial charge on any atom is 0.307 e. The fourth-order valence-electron chi connectivity index (χ4n) is 2.85. The molecule has 5 heteroatoms. The molecular formula is C18H23NO4. The third kappa shape index (κ3) is 4.84. The van der Waals surface area contributed by atoms with Crippen LogP contribution < -0.4 is 10.1 Å². The van der Waals surface area contributed by atoms with Crippen LogP contribution in [-0.2, 0) is 9.59 Å². The van der Waals surface area contributed by atoms with Gasteiger partial charge >= 0.3 is 5.97 Å². The average Bonchev–Trinajstić information content (AvgIpc) is 2.53. The van der Waals surface area contributed by atoms with Crippen molar-refractivity contribution in [2.24, 2.45) is 11.8 Å². The molecule has 1 aromatic rings. The van der Waals surface area contributed by atoms with Crippen LogP contribution in [0.5, 0.6) is 5.75 Å². The van der Waals surface area contributed by atoms with Gasteiger partial charge in [-0.15, -0.1) is 0 Å². The zero-order chi connectivity index (χ0) is 16.8. The van der Waals surface area contributed by atoms with E-state index in [1.54, 1.807) is 24.3 Å². The molecule has 1 saturated carbocycles. The molecule has 0 aromatic heterocycles. The van der Waals surface area contributed by atoms with E-state index < -0.39 is 17.8 Å². The molecule has 1 aliphatic carbocycles. The molecule has 5 nitrogen and oxygen atoms in total. The minimum Gasteiger partial charge on any atom is -0.489 e. The highest BCUT2D eigenvalue weighted by Gasteiger charge is 2.35. The fourth-order valence-corrected chi connectivity index (χ4v) is 2.85. The second-order valence-electron chi connectivity index (χ2n) is 6.10. The summed E-state index contributed by atoms with van der Waals surface area (Å²) in [7, 11) is 0. The number of carbonyl (C=O) groups excluding carboxylic acids is 1. The number of hydrogen-bond donors (Lipinski definition) is 2. The van der Waals surface area contributed by atoms with E-state index in [0.29, 0.717) is 30.9 Å². The molecule has 2 N–H and O–H groups in total. The molecular weight excluding hydrogens is 294 g/mol. The Kier molecular flexibility index (Phi) is 5.79. The summed E-state index contributed by atoms with van der Waals surface area (Å²) >= 11 is 0. The molecule has 0 radical (unpaired) electrons. The van der Waals surface area contributed by atoms with Crippen molar-refractivity contribution >= 4 is 17.6 Å². The van der Waals surface area contributed by atoms with Crippen molar-refractivity contribution in [3.8, 4) is 5.75 Å². The fraction of sp³-hybridized carbons (Fsp3) is 0.444. The van der Waals surface area contributed by atoms with Gasteiger partial charge in [-0.2, -0.15) is 0 Å². The highest BCUT2D eigenvalue weighted by molar-refractivity contribution is 5.95. The number of anilines is 1. The molecule has 2 unspecified atom stereocenters. The van der Waals surface area contributed by atoms with E-state index in [1.165, 1.54) is 0 Å². The van der Waals surface area contributed by atoms with E-state index in [9.17, 15) is 14.7 Å². The van der Waals surface area contributed by atoms with Crippen molar-refractivity contribution in [3.05, 3.63) is 36.4 Å². The van der Waals surface area contributed by atoms with Gasteiger partial charge in [0.1, 0.15) is 12.4 Å². The van der Waals surface area contributed by atoms with Crippen LogP contribution in [-0.4, -0.2) is 23.6 Å². The lowest BCUT2D eigenvalue weighted by Gasteiger charge is -2.27. The summed E-state index contributed by atoms with van der Waals surface area (Å²) in [5.41, 5.74) is 1.52. The van der Waals surface area contributed by atoms with Gasteiger partial charge in [-0.1, -0.05) is 25.5 Å². The number of carboxylic acids is 1. The molecule has 0 aliphatic heterocycles. The van der Waals surface area contributed by atoms with Gasteiger partial charge in [0, 0.05) is 11.8 Å². The number of benzene rings is 1. The standard InChI is InChI=1S/C18H23NO4/c1-12(2)11-23-14-7-5-6-13(10-14)19-17(20)15-8-3-4-9-16(15)18(21)22/h5-7,10,15-16H,1,3-4,8-9,11H2,2H3,(H,19,20)(H,21,22). The van der Waals surface area contributed by atoms with Crippen molar-refractivity contribution < 1.29 is 19.4 Å². The summed E-state index contributed by atoms with van der Waals surface area (Å²) in [5.74, 6) is -1.53. The molecule has 0 spiro atoms. The SMILES string of the molecule is C=C(C)COc1cccc(NC(=O)C2CCCCC2C(=O)O)c1. The third-order valence-electron chi connectivity index (χ3n) is 4.01. The second-order valence-corrected chi connectivity index (χ2v) is 6.10. The number of rotatable bonds is 6. The summed E-state index contributed by atoms with van der Waals surface area (Å²) in [5, 5.41) is 12.1. The van der Waals surface area contributed by atoms with Crippen LogP contribution >= 0.6 is 0 Å². The zero-order valence-corrected chi connectivity index (χ0v) is 13.4. The van der Waals surface area contributed by atoms with Crippen molar-refractivity contribution in [3.63, 3.8) is 0 Å². The smallest absolute Gasteiger partial charge is 0.307 e. The molecule has 0 saturated heterocycles. The van der Waals surface area contributed by atoms with Crippen LogP contribution in [0.3, 0.4) is 0 Å². The van der Waals surface area contributed by atoms with Crippen LogP contribution in [0.2, 0.25) is 0 Å². The summed E-state index contributed by atoms with van der Waals surface area (Å²) in [4.78, 5) is 23.7. The molecule has 1 fully saturated rings. The van der Waals surface area contributed by atoms with Gasteiger partial charge in [0.2, 0.25) is 5.91 Å². The first-order chi connectivity index (χ1) is 11.0. The van der Waals surface area contributed by atoms with Crippen LogP contribution in [0.25, 0.3) is 0 Å². The molecule has 2 rings (SSSR count). The third-order valence-corrected chi connectivity index (χ3v) is 4.01. The summed E-state index contributed by atoms with van der Waals surface area (Å²) < 4.78 is 5.55. The quantitative estimate of drug-likeness (QED) is 0.788. The lowest BCUT2D eigenvalue weighted by Crippen LogP contribution is -2.36. The van der Waals surface area contributed by atoms with Crippen molar-refractivity contribution in [2.45, 2.75) is 32.6 Å². The van der Waals surface area contributed by atoms with Gasteiger partial charge in [0.05, 0.1) is 11.8 Å². The molecule has 1 aliphatic rings. The molecule has 1 aromatic carbocycles. The molecule has 2 atom stereocenters. The molecule has 23 heavy (non-hydrogen) atoms. The first-order valence-electron chi connectivity index (χ1n) is 7.88. The number of carbonyl (C=O) groups is 2. The largest absolute Gasteiger partial charge is 0.489 e. The Morgan fingerprint density at radius 1 is 1.30 bits per heavy atom. The predicted molar refractivity (Wildman–Crippen MR) is 88.5 cm³/mol. The van der Waals surface area contributed by atoms with E-state index in [2.05, 4.69) is 11.9 Å². The van der Waals surface area contributed by atoms with Crippen LogP contribution in [0.1, 0.15) is 32.6 Å². The Balaban J connectivity index is 2.02. The van der Waals surface area contributed by atoms with Gasteiger partial charge in [-0.3, -0.25) is 9.59 Å². The van der Waals surface area contributed by atoms with Crippen LogP contribution in [0.4, 0.5) is 5.69 Å². The number of amides is 1. The van der Waals surface area contributed by atoms with Gasteiger partial charge in [0.25, 0.3) is 0 Å². The highest BCUT2D eigenvalue weighted by atomic mass is 16.5. The highest BCUT2D eigenvalue weighted by Crippen LogP contribution is 2.31. The minimum atomic E-state index is -0.886. The van der Waals surface area contributed by atoms with Crippen molar-refractivity contribution in [2.75, 3.05) is 11.9 Å². The Hall–Kier alpha value is -2.30. The van der Waals surface area contributed by atoms with E-state index in [1.807, 2.05) is 6.92 Å². The van der Waals surface area contributed by atoms with E-state index in [-0.39, 0.29) is 5.91 Å². The Morgan fingerprint density at radius 3 is 2.65 bits per heavy atom. The lowest BCUT2D eigenvalue weighted by molar-refractivity contribution is -0.147. The molecule has 0 bridgehead atoms. The van der Waals surface area contributed by atoms with E-state index >= 15 is 0 Å². The van der Waals surface area contributed by atoms with Gasteiger partial charge < -0.3 is 15.2 Å².